The lowest BCUT2D eigenvalue weighted by Crippen LogP contribution is -2.22. The van der Waals surface area contributed by atoms with Gasteiger partial charge in [0.1, 0.15) is 22.3 Å². The third-order valence-corrected chi connectivity index (χ3v) is 4.85. The maximum Gasteiger partial charge on any atom is 0.263 e. The van der Waals surface area contributed by atoms with Gasteiger partial charge in [0.2, 0.25) is 0 Å². The molecular weight excluding hydrogens is 361 g/mol. The van der Waals surface area contributed by atoms with E-state index in [1.165, 1.54) is 35.6 Å². The van der Waals surface area contributed by atoms with Crippen molar-refractivity contribution in [1.82, 2.24) is 10.3 Å². The Hall–Kier alpha value is -2.67. The SMILES string of the molecule is Cc1nc(Cc2ccc(F)cc2)sc1C(=O)NCc1cc(F)cc(F)c1. The van der Waals surface area contributed by atoms with Crippen LogP contribution in [0, 0.1) is 24.4 Å². The predicted molar refractivity (Wildman–Crippen MR) is 93.6 cm³/mol. The third kappa shape index (κ3) is 4.49. The molecule has 0 aliphatic rings. The second kappa shape index (κ2) is 7.70. The summed E-state index contributed by atoms with van der Waals surface area (Å²) >= 11 is 1.24. The molecule has 0 fully saturated rings. The number of thiazole rings is 1. The van der Waals surface area contributed by atoms with Gasteiger partial charge in [0.05, 0.1) is 10.7 Å². The first-order valence-electron chi connectivity index (χ1n) is 7.84. The number of aryl methyl sites for hydroxylation is 1. The quantitative estimate of drug-likeness (QED) is 0.718. The molecule has 0 aliphatic heterocycles. The predicted octanol–water partition coefficient (Wildman–Crippen LogP) is 4.39. The van der Waals surface area contributed by atoms with E-state index < -0.39 is 11.6 Å². The minimum atomic E-state index is -0.690. The number of carbonyl (C=O) groups is 1. The summed E-state index contributed by atoms with van der Waals surface area (Å²) in [6, 6.07) is 9.21. The van der Waals surface area contributed by atoms with Crippen molar-refractivity contribution < 1.29 is 18.0 Å². The Balaban J connectivity index is 1.67. The van der Waals surface area contributed by atoms with Crippen molar-refractivity contribution in [3.8, 4) is 0 Å². The molecule has 0 spiro atoms. The molecule has 0 aliphatic carbocycles. The van der Waals surface area contributed by atoms with Gasteiger partial charge in [-0.3, -0.25) is 4.79 Å². The monoisotopic (exact) mass is 376 g/mol. The minimum Gasteiger partial charge on any atom is -0.347 e. The standard InChI is InChI=1S/C19H15F3N2OS/c1-11-18(19(25)23-10-13-6-15(21)9-16(22)7-13)26-17(24-11)8-12-2-4-14(20)5-3-12/h2-7,9H,8,10H2,1H3,(H,23,25). The topological polar surface area (TPSA) is 42.0 Å². The molecule has 134 valence electrons. The van der Waals surface area contributed by atoms with E-state index in [9.17, 15) is 18.0 Å². The van der Waals surface area contributed by atoms with E-state index in [0.717, 1.165) is 16.6 Å². The van der Waals surface area contributed by atoms with Gasteiger partial charge in [-0.05, 0) is 42.3 Å². The highest BCUT2D eigenvalue weighted by Crippen LogP contribution is 2.21. The minimum absolute atomic E-state index is 0.0121. The van der Waals surface area contributed by atoms with Gasteiger partial charge in [0, 0.05) is 19.0 Å². The van der Waals surface area contributed by atoms with Crippen molar-refractivity contribution in [2.45, 2.75) is 19.9 Å². The lowest BCUT2D eigenvalue weighted by Gasteiger charge is -2.05. The molecule has 7 heteroatoms. The summed E-state index contributed by atoms with van der Waals surface area (Å²) in [7, 11) is 0. The average Bonchev–Trinajstić information content (AvgIpc) is 2.94. The molecule has 3 rings (SSSR count). The summed E-state index contributed by atoms with van der Waals surface area (Å²) in [6.07, 6.45) is 0.494. The van der Waals surface area contributed by atoms with Crippen LogP contribution in [0.5, 0.6) is 0 Å². The second-order valence-corrected chi connectivity index (χ2v) is 6.87. The molecule has 1 heterocycles. The largest absolute Gasteiger partial charge is 0.347 e. The maximum absolute atomic E-state index is 13.2. The first-order valence-corrected chi connectivity index (χ1v) is 8.66. The summed E-state index contributed by atoms with van der Waals surface area (Å²) in [4.78, 5) is 17.2. The van der Waals surface area contributed by atoms with E-state index in [1.54, 1.807) is 19.1 Å². The molecule has 0 saturated carbocycles. The van der Waals surface area contributed by atoms with Crippen molar-refractivity contribution in [3.05, 3.63) is 86.6 Å². The number of carbonyl (C=O) groups excluding carboxylic acids is 1. The number of hydrogen-bond acceptors (Lipinski definition) is 3. The highest BCUT2D eigenvalue weighted by molar-refractivity contribution is 7.13. The van der Waals surface area contributed by atoms with Crippen LogP contribution in [-0.4, -0.2) is 10.9 Å². The normalized spacial score (nSPS) is 10.8. The second-order valence-electron chi connectivity index (χ2n) is 5.79. The molecule has 0 atom stereocenters. The van der Waals surface area contributed by atoms with Crippen LogP contribution in [0.3, 0.4) is 0 Å². The average molecular weight is 376 g/mol. The van der Waals surface area contributed by atoms with Crippen molar-refractivity contribution in [2.75, 3.05) is 0 Å². The van der Waals surface area contributed by atoms with E-state index in [1.807, 2.05) is 0 Å². The Morgan fingerprint density at radius 2 is 1.65 bits per heavy atom. The zero-order chi connectivity index (χ0) is 18.7. The van der Waals surface area contributed by atoms with Crippen LogP contribution in [0.4, 0.5) is 13.2 Å². The number of rotatable bonds is 5. The molecule has 0 unspecified atom stereocenters. The summed E-state index contributed by atoms with van der Waals surface area (Å²) in [5, 5.41) is 3.38. The molecule has 26 heavy (non-hydrogen) atoms. The number of halogens is 3. The number of amides is 1. The van der Waals surface area contributed by atoms with Crippen LogP contribution < -0.4 is 5.32 Å². The van der Waals surface area contributed by atoms with Crippen LogP contribution in [0.1, 0.15) is 31.5 Å². The third-order valence-electron chi connectivity index (χ3n) is 3.69. The Labute approximate surface area is 152 Å². The Kier molecular flexibility index (Phi) is 5.37. The summed E-state index contributed by atoms with van der Waals surface area (Å²) in [6.45, 7) is 1.74. The molecule has 3 nitrogen and oxygen atoms in total. The van der Waals surface area contributed by atoms with E-state index in [4.69, 9.17) is 0 Å². The van der Waals surface area contributed by atoms with Gasteiger partial charge in [-0.25, -0.2) is 18.2 Å². The first kappa shape index (κ1) is 18.1. The number of aromatic nitrogens is 1. The van der Waals surface area contributed by atoms with E-state index >= 15 is 0 Å². The number of hydrogen-bond donors (Lipinski definition) is 1. The van der Waals surface area contributed by atoms with E-state index in [2.05, 4.69) is 10.3 Å². The Morgan fingerprint density at radius 1 is 1.00 bits per heavy atom. The number of benzene rings is 2. The zero-order valence-corrected chi connectivity index (χ0v) is 14.7. The summed E-state index contributed by atoms with van der Waals surface area (Å²) in [5.74, 6) is -2.04. The molecule has 0 bridgehead atoms. The summed E-state index contributed by atoms with van der Waals surface area (Å²) < 4.78 is 39.3. The fourth-order valence-corrected chi connectivity index (χ4v) is 3.51. The molecule has 1 N–H and O–H groups in total. The van der Waals surface area contributed by atoms with Gasteiger partial charge in [-0.2, -0.15) is 0 Å². The van der Waals surface area contributed by atoms with Gasteiger partial charge in [0.15, 0.2) is 0 Å². The highest BCUT2D eigenvalue weighted by Gasteiger charge is 2.15. The van der Waals surface area contributed by atoms with Gasteiger partial charge in [-0.15, -0.1) is 11.3 Å². The number of nitrogens with zero attached hydrogens (tertiary/aromatic N) is 1. The van der Waals surface area contributed by atoms with Crippen molar-refractivity contribution in [1.29, 1.82) is 0 Å². The lowest BCUT2D eigenvalue weighted by molar-refractivity contribution is 0.0954. The molecule has 0 saturated heterocycles. The summed E-state index contributed by atoms with van der Waals surface area (Å²) in [5.41, 5.74) is 1.81. The molecule has 3 aromatic rings. The number of nitrogens with one attached hydrogen (secondary N) is 1. The highest BCUT2D eigenvalue weighted by atomic mass is 32.1. The lowest BCUT2D eigenvalue weighted by atomic mass is 10.1. The molecule has 2 aromatic carbocycles. The van der Waals surface area contributed by atoms with Crippen LogP contribution >= 0.6 is 11.3 Å². The van der Waals surface area contributed by atoms with Crippen LogP contribution in [-0.2, 0) is 13.0 Å². The molecule has 1 aromatic heterocycles. The van der Waals surface area contributed by atoms with Crippen molar-refractivity contribution in [3.63, 3.8) is 0 Å². The first-order chi connectivity index (χ1) is 12.4. The molecular formula is C19H15F3N2OS. The smallest absolute Gasteiger partial charge is 0.263 e. The Morgan fingerprint density at radius 3 is 2.31 bits per heavy atom. The van der Waals surface area contributed by atoms with E-state index in [-0.39, 0.29) is 18.3 Å². The van der Waals surface area contributed by atoms with Crippen molar-refractivity contribution >= 4 is 17.2 Å². The van der Waals surface area contributed by atoms with E-state index in [0.29, 0.717) is 22.6 Å². The zero-order valence-electron chi connectivity index (χ0n) is 13.9. The van der Waals surface area contributed by atoms with Gasteiger partial charge in [0.25, 0.3) is 5.91 Å². The Bertz CT molecular complexity index is 918. The van der Waals surface area contributed by atoms with Crippen LogP contribution in [0.15, 0.2) is 42.5 Å². The fraction of sp³-hybridized carbons (Fsp3) is 0.158. The fourth-order valence-electron chi connectivity index (χ4n) is 2.49. The van der Waals surface area contributed by atoms with Crippen LogP contribution in [0.25, 0.3) is 0 Å². The van der Waals surface area contributed by atoms with Gasteiger partial charge < -0.3 is 5.32 Å². The van der Waals surface area contributed by atoms with Gasteiger partial charge in [-0.1, -0.05) is 12.1 Å². The van der Waals surface area contributed by atoms with Crippen molar-refractivity contribution in [2.24, 2.45) is 0 Å². The van der Waals surface area contributed by atoms with Crippen LogP contribution in [0.2, 0.25) is 0 Å². The molecule has 1 amide bonds. The molecule has 0 radical (unpaired) electrons. The van der Waals surface area contributed by atoms with Gasteiger partial charge >= 0.3 is 0 Å². The maximum atomic E-state index is 13.2.